The van der Waals surface area contributed by atoms with E-state index < -0.39 is 0 Å². The predicted octanol–water partition coefficient (Wildman–Crippen LogP) is 14.5. The van der Waals surface area contributed by atoms with Gasteiger partial charge in [-0.3, -0.25) is 0 Å². The Morgan fingerprint density at radius 3 is 1.21 bits per heavy atom. The molecule has 0 amide bonds. The van der Waals surface area contributed by atoms with Gasteiger partial charge >= 0.3 is 0 Å². The molecular weight excluding hydrogens is 707 g/mol. The predicted molar refractivity (Wildman–Crippen MR) is 242 cm³/mol. The molecule has 4 heteroatoms. The Labute approximate surface area is 332 Å². The molecule has 13 rings (SSSR count). The van der Waals surface area contributed by atoms with Crippen molar-refractivity contribution >= 4 is 87.4 Å². The third kappa shape index (κ3) is 4.29. The Morgan fingerprint density at radius 1 is 0.259 bits per heavy atom. The highest BCUT2D eigenvalue weighted by atomic mass is 16.3. The Balaban J connectivity index is 1.13. The fourth-order valence-electron chi connectivity index (χ4n) is 9.82. The van der Waals surface area contributed by atoms with Crippen LogP contribution in [-0.2, 0) is 0 Å². The number of furan rings is 1. The molecule has 13 aromatic rings. The number of benzene rings is 9. The molecule has 4 heterocycles. The highest BCUT2D eigenvalue weighted by molar-refractivity contribution is 6.30. The molecule has 0 aliphatic carbocycles. The van der Waals surface area contributed by atoms with Gasteiger partial charge in [-0.2, -0.15) is 0 Å². The Morgan fingerprint density at radius 2 is 0.655 bits per heavy atom. The second-order valence-corrected chi connectivity index (χ2v) is 15.3. The van der Waals surface area contributed by atoms with E-state index in [2.05, 4.69) is 208 Å². The zero-order valence-electron chi connectivity index (χ0n) is 31.3. The van der Waals surface area contributed by atoms with Gasteiger partial charge in [0.25, 0.3) is 0 Å². The van der Waals surface area contributed by atoms with Crippen LogP contribution in [0.4, 0.5) is 0 Å². The average molecular weight is 740 g/mol. The lowest BCUT2D eigenvalue weighted by molar-refractivity contribution is 0.669. The highest BCUT2D eigenvalue weighted by Gasteiger charge is 2.22. The van der Waals surface area contributed by atoms with Crippen LogP contribution in [0.25, 0.3) is 116 Å². The van der Waals surface area contributed by atoms with E-state index in [1.54, 1.807) is 0 Å². The van der Waals surface area contributed by atoms with E-state index >= 15 is 0 Å². The van der Waals surface area contributed by atoms with Crippen LogP contribution in [0.3, 0.4) is 0 Å². The summed E-state index contributed by atoms with van der Waals surface area (Å²) in [5.41, 5.74) is 14.7. The zero-order valence-corrected chi connectivity index (χ0v) is 31.3. The van der Waals surface area contributed by atoms with Gasteiger partial charge in [0, 0.05) is 60.2 Å². The quantitative estimate of drug-likeness (QED) is 0.177. The molecule has 0 saturated heterocycles. The standard InChI is InChI=1S/C54H33N3O/c1-4-14-36(15-5-1)55-43-22-12-10-20-39(43)51-46(55)28-29-47-52(51)41-32-34(24-26-44(41)56(47)37-16-6-2-7-17-37)35-25-27-45-42(33-35)53-48(57(45)38-18-8-3-9-19-38)30-31-50-54(53)40-21-11-13-23-49(40)58-50/h1-33H. The first-order valence-corrected chi connectivity index (χ1v) is 19.9. The topological polar surface area (TPSA) is 27.9 Å². The Kier molecular flexibility index (Phi) is 6.41. The van der Waals surface area contributed by atoms with Crippen molar-refractivity contribution in [1.29, 1.82) is 0 Å². The van der Waals surface area contributed by atoms with E-state index in [9.17, 15) is 0 Å². The molecule has 58 heavy (non-hydrogen) atoms. The van der Waals surface area contributed by atoms with Crippen molar-refractivity contribution in [2.75, 3.05) is 0 Å². The minimum absolute atomic E-state index is 0.903. The van der Waals surface area contributed by atoms with Crippen LogP contribution in [0.15, 0.2) is 205 Å². The molecule has 9 aromatic carbocycles. The summed E-state index contributed by atoms with van der Waals surface area (Å²) in [4.78, 5) is 0. The summed E-state index contributed by atoms with van der Waals surface area (Å²) in [5.74, 6) is 0. The van der Waals surface area contributed by atoms with Crippen LogP contribution in [0.2, 0.25) is 0 Å². The molecular formula is C54H33N3O. The Hall–Kier alpha value is -7.82. The molecule has 4 nitrogen and oxygen atoms in total. The normalized spacial score (nSPS) is 12.1. The van der Waals surface area contributed by atoms with Gasteiger partial charge in [0.05, 0.1) is 33.1 Å². The lowest BCUT2D eigenvalue weighted by atomic mass is 9.98. The second-order valence-electron chi connectivity index (χ2n) is 15.3. The van der Waals surface area contributed by atoms with Crippen molar-refractivity contribution in [1.82, 2.24) is 13.7 Å². The van der Waals surface area contributed by atoms with Crippen molar-refractivity contribution in [3.63, 3.8) is 0 Å². The minimum Gasteiger partial charge on any atom is -0.456 e. The summed E-state index contributed by atoms with van der Waals surface area (Å²) in [6.07, 6.45) is 0. The van der Waals surface area contributed by atoms with Crippen molar-refractivity contribution < 1.29 is 4.42 Å². The lowest BCUT2D eigenvalue weighted by Gasteiger charge is -2.09. The first-order chi connectivity index (χ1) is 28.8. The second kappa shape index (κ2) is 11.8. The molecule has 0 spiro atoms. The highest BCUT2D eigenvalue weighted by Crippen LogP contribution is 2.45. The number of para-hydroxylation sites is 5. The molecule has 0 unspecified atom stereocenters. The van der Waals surface area contributed by atoms with E-state index in [-0.39, 0.29) is 0 Å². The molecule has 0 bridgehead atoms. The molecule has 0 atom stereocenters. The summed E-state index contributed by atoms with van der Waals surface area (Å²) >= 11 is 0. The Bertz CT molecular complexity index is 3770. The molecule has 0 fully saturated rings. The first kappa shape index (κ1) is 31.4. The number of fused-ring (bicyclic) bond motifs is 14. The van der Waals surface area contributed by atoms with Crippen LogP contribution in [0.1, 0.15) is 0 Å². The van der Waals surface area contributed by atoms with Gasteiger partial charge in [-0.15, -0.1) is 0 Å². The van der Waals surface area contributed by atoms with Gasteiger partial charge in [0.1, 0.15) is 11.2 Å². The maximum Gasteiger partial charge on any atom is 0.136 e. The molecule has 0 N–H and O–H groups in total. The van der Waals surface area contributed by atoms with E-state index in [4.69, 9.17) is 4.42 Å². The number of hydrogen-bond donors (Lipinski definition) is 0. The number of nitrogens with zero attached hydrogens (tertiary/aromatic N) is 3. The summed E-state index contributed by atoms with van der Waals surface area (Å²) in [6, 6.07) is 72.4. The third-order valence-corrected chi connectivity index (χ3v) is 12.2. The average Bonchev–Trinajstić information content (AvgIpc) is 4.03. The maximum atomic E-state index is 6.45. The number of aromatic nitrogens is 3. The molecule has 270 valence electrons. The SMILES string of the molecule is c1ccc(-n2c3ccc(-c4ccc5c(c4)c4c6c7ccccc7n(-c7ccccc7)c6ccc4n5-c4ccccc4)cc3c3c4c(ccc32)oc2ccccc24)cc1. The fourth-order valence-corrected chi connectivity index (χ4v) is 9.82. The zero-order chi connectivity index (χ0) is 37.9. The van der Waals surface area contributed by atoms with E-state index in [0.29, 0.717) is 0 Å². The van der Waals surface area contributed by atoms with Crippen molar-refractivity contribution in [2.24, 2.45) is 0 Å². The van der Waals surface area contributed by atoms with E-state index in [1.165, 1.54) is 71.0 Å². The van der Waals surface area contributed by atoms with Crippen LogP contribution in [0.5, 0.6) is 0 Å². The fraction of sp³-hybridized carbons (Fsp3) is 0. The van der Waals surface area contributed by atoms with Gasteiger partial charge in [0.15, 0.2) is 0 Å². The van der Waals surface area contributed by atoms with Crippen molar-refractivity contribution in [3.8, 4) is 28.2 Å². The lowest BCUT2D eigenvalue weighted by Crippen LogP contribution is -1.94. The van der Waals surface area contributed by atoms with Gasteiger partial charge in [-0.25, -0.2) is 0 Å². The maximum absolute atomic E-state index is 6.45. The first-order valence-electron chi connectivity index (χ1n) is 19.9. The molecule has 0 aliphatic rings. The number of hydrogen-bond acceptors (Lipinski definition) is 1. The largest absolute Gasteiger partial charge is 0.456 e. The molecule has 0 saturated carbocycles. The smallest absolute Gasteiger partial charge is 0.136 e. The third-order valence-electron chi connectivity index (χ3n) is 12.2. The van der Waals surface area contributed by atoms with Crippen LogP contribution in [-0.4, -0.2) is 13.7 Å². The molecule has 4 aromatic heterocycles. The molecule has 0 aliphatic heterocycles. The summed E-state index contributed by atoms with van der Waals surface area (Å²) < 4.78 is 13.7. The van der Waals surface area contributed by atoms with E-state index in [0.717, 1.165) is 44.5 Å². The van der Waals surface area contributed by atoms with Crippen LogP contribution in [0, 0.1) is 0 Å². The van der Waals surface area contributed by atoms with E-state index in [1.807, 2.05) is 6.07 Å². The van der Waals surface area contributed by atoms with Gasteiger partial charge in [-0.05, 0) is 108 Å². The minimum atomic E-state index is 0.903. The number of rotatable bonds is 4. The van der Waals surface area contributed by atoms with Crippen LogP contribution < -0.4 is 0 Å². The monoisotopic (exact) mass is 739 g/mol. The van der Waals surface area contributed by atoms with Crippen LogP contribution >= 0.6 is 0 Å². The summed E-state index contributed by atoms with van der Waals surface area (Å²) in [6.45, 7) is 0. The summed E-state index contributed by atoms with van der Waals surface area (Å²) in [5, 5.41) is 9.71. The van der Waals surface area contributed by atoms with Gasteiger partial charge in [0.2, 0.25) is 0 Å². The van der Waals surface area contributed by atoms with Crippen molar-refractivity contribution in [2.45, 2.75) is 0 Å². The summed E-state index contributed by atoms with van der Waals surface area (Å²) in [7, 11) is 0. The molecule has 0 radical (unpaired) electrons. The van der Waals surface area contributed by atoms with Gasteiger partial charge < -0.3 is 18.1 Å². The van der Waals surface area contributed by atoms with Gasteiger partial charge in [-0.1, -0.05) is 103 Å². The van der Waals surface area contributed by atoms with Crippen molar-refractivity contribution in [3.05, 3.63) is 200 Å².